The Kier molecular flexibility index (Phi) is 11.6. The Labute approximate surface area is 253 Å². The molecular weight excluding hydrogens is 574 g/mol. The van der Waals surface area contributed by atoms with E-state index in [-0.39, 0.29) is 34.5 Å². The highest BCUT2D eigenvalue weighted by Gasteiger charge is 2.35. The zero-order chi connectivity index (χ0) is 31.6. The first-order chi connectivity index (χ1) is 20.6. The van der Waals surface area contributed by atoms with Gasteiger partial charge in [0.2, 0.25) is 11.8 Å². The van der Waals surface area contributed by atoms with Crippen molar-refractivity contribution in [3.8, 4) is 23.0 Å². The summed E-state index contributed by atoms with van der Waals surface area (Å²) in [7, 11) is 2.78. The van der Waals surface area contributed by atoms with Gasteiger partial charge in [-0.25, -0.2) is 8.42 Å². The van der Waals surface area contributed by atoms with E-state index in [0.717, 1.165) is 9.87 Å². The molecule has 0 aliphatic carbocycles. The fourth-order valence-corrected chi connectivity index (χ4v) is 6.10. The third kappa shape index (κ3) is 7.69. The first kappa shape index (κ1) is 33.1. The standard InChI is InChI=1S/C31H39N3O8S/c1-7-25(31(36)32-2)33(18-17-22-11-9-8-10-12-22)30(35)21-34(26-19-23(39-3)13-15-27(26)40-4)43(37,38)24-14-16-28(41-5)29(20-24)42-6/h8-16,19-20,25H,7,17-18,21H2,1-6H3,(H,32,36)/t25-/m1/s1. The average molecular weight is 614 g/mol. The smallest absolute Gasteiger partial charge is 0.265 e. The number of nitrogens with one attached hydrogen (secondary N) is 1. The molecule has 0 bridgehead atoms. The van der Waals surface area contributed by atoms with Crippen molar-refractivity contribution in [1.29, 1.82) is 0 Å². The highest BCUT2D eigenvalue weighted by atomic mass is 32.2. The van der Waals surface area contributed by atoms with Crippen LogP contribution in [0.3, 0.4) is 0 Å². The Hall–Kier alpha value is -4.45. The topological polar surface area (TPSA) is 124 Å². The molecular formula is C31H39N3O8S. The number of ether oxygens (including phenoxy) is 4. The Morgan fingerprint density at radius 2 is 1.49 bits per heavy atom. The van der Waals surface area contributed by atoms with E-state index in [1.54, 1.807) is 19.1 Å². The maximum Gasteiger partial charge on any atom is 0.265 e. The van der Waals surface area contributed by atoms with Crippen molar-refractivity contribution < 1.29 is 37.0 Å². The average Bonchev–Trinajstić information content (AvgIpc) is 3.04. The van der Waals surface area contributed by atoms with Gasteiger partial charge >= 0.3 is 0 Å². The number of carbonyl (C=O) groups is 2. The summed E-state index contributed by atoms with van der Waals surface area (Å²) in [6.45, 7) is 1.36. The Morgan fingerprint density at radius 1 is 0.837 bits per heavy atom. The molecule has 3 aromatic rings. The van der Waals surface area contributed by atoms with Gasteiger partial charge in [0, 0.05) is 25.7 Å². The van der Waals surface area contributed by atoms with Crippen molar-refractivity contribution in [3.05, 3.63) is 72.3 Å². The molecule has 0 heterocycles. The van der Waals surface area contributed by atoms with Crippen LogP contribution < -0.4 is 28.6 Å². The Balaban J connectivity index is 2.15. The Morgan fingerprint density at radius 3 is 2.07 bits per heavy atom. The van der Waals surface area contributed by atoms with E-state index in [1.807, 2.05) is 30.3 Å². The summed E-state index contributed by atoms with van der Waals surface area (Å²) in [5.41, 5.74) is 1.05. The third-order valence-electron chi connectivity index (χ3n) is 6.99. The zero-order valence-electron chi connectivity index (χ0n) is 25.3. The largest absolute Gasteiger partial charge is 0.497 e. The number of hydrogen-bond donors (Lipinski definition) is 1. The van der Waals surface area contributed by atoms with Gasteiger partial charge in [-0.05, 0) is 42.7 Å². The summed E-state index contributed by atoms with van der Waals surface area (Å²) in [5, 5.41) is 2.62. The lowest BCUT2D eigenvalue weighted by Crippen LogP contribution is -2.52. The van der Waals surface area contributed by atoms with E-state index in [9.17, 15) is 18.0 Å². The van der Waals surface area contributed by atoms with Crippen LogP contribution in [0.5, 0.6) is 23.0 Å². The molecule has 2 amide bonds. The molecule has 232 valence electrons. The normalized spacial score (nSPS) is 11.7. The van der Waals surface area contributed by atoms with E-state index >= 15 is 0 Å². The highest BCUT2D eigenvalue weighted by molar-refractivity contribution is 7.92. The zero-order valence-corrected chi connectivity index (χ0v) is 26.1. The van der Waals surface area contributed by atoms with Crippen LogP contribution in [0.1, 0.15) is 18.9 Å². The van der Waals surface area contributed by atoms with Gasteiger partial charge in [-0.3, -0.25) is 13.9 Å². The lowest BCUT2D eigenvalue weighted by Gasteiger charge is -2.33. The van der Waals surface area contributed by atoms with Crippen molar-refractivity contribution in [2.24, 2.45) is 0 Å². The van der Waals surface area contributed by atoms with Gasteiger partial charge in [-0.1, -0.05) is 37.3 Å². The summed E-state index contributed by atoms with van der Waals surface area (Å²) in [6.07, 6.45) is 0.788. The predicted octanol–water partition coefficient (Wildman–Crippen LogP) is 3.51. The fraction of sp³-hybridized carbons (Fsp3) is 0.355. The molecule has 11 nitrogen and oxygen atoms in total. The Bertz CT molecular complexity index is 1500. The lowest BCUT2D eigenvalue weighted by molar-refractivity contribution is -0.139. The number of nitrogens with zero attached hydrogens (tertiary/aromatic N) is 2. The minimum absolute atomic E-state index is 0.0842. The van der Waals surface area contributed by atoms with Crippen molar-refractivity contribution in [1.82, 2.24) is 10.2 Å². The SMILES string of the molecule is CC[C@H](C(=O)NC)N(CCc1ccccc1)C(=O)CN(c1cc(OC)ccc1OC)S(=O)(=O)c1ccc(OC)c(OC)c1. The maximum atomic E-state index is 14.3. The number of sulfonamides is 1. The van der Waals surface area contributed by atoms with Crippen molar-refractivity contribution in [3.63, 3.8) is 0 Å². The predicted molar refractivity (Wildman–Crippen MR) is 164 cm³/mol. The van der Waals surface area contributed by atoms with Crippen LogP contribution in [0.15, 0.2) is 71.6 Å². The van der Waals surface area contributed by atoms with Crippen LogP contribution in [0.4, 0.5) is 5.69 Å². The molecule has 3 aromatic carbocycles. The monoisotopic (exact) mass is 613 g/mol. The van der Waals surface area contributed by atoms with E-state index in [4.69, 9.17) is 18.9 Å². The van der Waals surface area contributed by atoms with Gasteiger partial charge in [-0.2, -0.15) is 0 Å². The van der Waals surface area contributed by atoms with E-state index < -0.39 is 28.5 Å². The van der Waals surface area contributed by atoms with Crippen LogP contribution >= 0.6 is 0 Å². The number of hydrogen-bond acceptors (Lipinski definition) is 8. The summed E-state index contributed by atoms with van der Waals surface area (Å²) in [4.78, 5) is 28.3. The van der Waals surface area contributed by atoms with E-state index in [1.165, 1.54) is 64.7 Å². The molecule has 1 N–H and O–H groups in total. The number of amides is 2. The summed E-state index contributed by atoms with van der Waals surface area (Å²) in [5.74, 6) is 0.173. The molecule has 0 aromatic heterocycles. The number of benzene rings is 3. The second-order valence-electron chi connectivity index (χ2n) is 9.43. The molecule has 0 saturated heterocycles. The summed E-state index contributed by atoms with van der Waals surface area (Å²) < 4.78 is 51.1. The summed E-state index contributed by atoms with van der Waals surface area (Å²) in [6, 6.07) is 17.5. The van der Waals surface area contributed by atoms with Crippen LogP contribution in [0, 0.1) is 0 Å². The van der Waals surface area contributed by atoms with E-state index in [2.05, 4.69) is 5.32 Å². The number of carbonyl (C=O) groups excluding carboxylic acids is 2. The molecule has 0 radical (unpaired) electrons. The van der Waals surface area contributed by atoms with Gasteiger partial charge in [0.15, 0.2) is 11.5 Å². The lowest BCUT2D eigenvalue weighted by atomic mass is 10.1. The molecule has 0 spiro atoms. The third-order valence-corrected chi connectivity index (χ3v) is 8.75. The van der Waals surface area contributed by atoms with Gasteiger partial charge < -0.3 is 29.2 Å². The molecule has 0 saturated carbocycles. The van der Waals surface area contributed by atoms with Crippen LogP contribution in [0.2, 0.25) is 0 Å². The minimum atomic E-state index is -4.41. The second-order valence-corrected chi connectivity index (χ2v) is 11.3. The molecule has 43 heavy (non-hydrogen) atoms. The van der Waals surface area contributed by atoms with Crippen LogP contribution in [-0.4, -0.2) is 79.8 Å². The van der Waals surface area contributed by atoms with Crippen LogP contribution in [-0.2, 0) is 26.0 Å². The summed E-state index contributed by atoms with van der Waals surface area (Å²) >= 11 is 0. The molecule has 0 aliphatic heterocycles. The fourth-order valence-electron chi connectivity index (χ4n) is 4.67. The molecule has 3 rings (SSSR count). The number of likely N-dealkylation sites (N-methyl/N-ethyl adjacent to an activating group) is 1. The van der Waals surface area contributed by atoms with Crippen molar-refractivity contribution >= 4 is 27.5 Å². The quantitative estimate of drug-likeness (QED) is 0.276. The number of anilines is 1. The number of rotatable bonds is 15. The van der Waals surface area contributed by atoms with Crippen LogP contribution in [0.25, 0.3) is 0 Å². The highest BCUT2D eigenvalue weighted by Crippen LogP contribution is 2.37. The van der Waals surface area contributed by atoms with Gasteiger partial charge in [0.05, 0.1) is 39.0 Å². The van der Waals surface area contributed by atoms with Crippen molar-refractivity contribution in [2.75, 3.05) is 52.9 Å². The molecule has 1 atom stereocenters. The van der Waals surface area contributed by atoms with E-state index in [0.29, 0.717) is 24.3 Å². The molecule has 0 aliphatic rings. The van der Waals surface area contributed by atoms with Gasteiger partial charge in [0.1, 0.15) is 24.1 Å². The maximum absolute atomic E-state index is 14.3. The first-order valence-corrected chi connectivity index (χ1v) is 15.1. The first-order valence-electron chi connectivity index (χ1n) is 13.7. The second kappa shape index (κ2) is 15.1. The number of methoxy groups -OCH3 is 4. The van der Waals surface area contributed by atoms with Crippen molar-refractivity contribution in [2.45, 2.75) is 30.7 Å². The molecule has 0 unspecified atom stereocenters. The van der Waals surface area contributed by atoms with Gasteiger partial charge in [-0.15, -0.1) is 0 Å². The van der Waals surface area contributed by atoms with Gasteiger partial charge in [0.25, 0.3) is 10.0 Å². The molecule has 0 fully saturated rings. The minimum Gasteiger partial charge on any atom is -0.497 e. The molecule has 12 heteroatoms.